The molecule has 26 heavy (non-hydrogen) atoms. The van der Waals surface area contributed by atoms with Crippen LogP contribution in [0.4, 0.5) is 0 Å². The van der Waals surface area contributed by atoms with Crippen LogP contribution in [0.15, 0.2) is 59.5 Å². The van der Waals surface area contributed by atoms with Gasteiger partial charge in [0, 0.05) is 17.3 Å². The van der Waals surface area contributed by atoms with Gasteiger partial charge < -0.3 is 10.8 Å². The summed E-state index contributed by atoms with van der Waals surface area (Å²) >= 11 is 0. The largest absolute Gasteiger partial charge is 0.391 e. The van der Waals surface area contributed by atoms with Crippen LogP contribution in [-0.4, -0.2) is 20.8 Å². The number of aliphatic hydroxyl groups is 1. The zero-order valence-corrected chi connectivity index (χ0v) is 14.3. The van der Waals surface area contributed by atoms with Crippen LogP contribution in [0.3, 0.4) is 0 Å². The van der Waals surface area contributed by atoms with Gasteiger partial charge in [0.1, 0.15) is 0 Å². The van der Waals surface area contributed by atoms with Gasteiger partial charge >= 0.3 is 0 Å². The summed E-state index contributed by atoms with van der Waals surface area (Å²) in [7, 11) is 0. The Morgan fingerprint density at radius 1 is 1.08 bits per heavy atom. The van der Waals surface area contributed by atoms with E-state index in [0.717, 1.165) is 17.5 Å². The Hall–Kier alpha value is -3.25. The van der Waals surface area contributed by atoms with Gasteiger partial charge in [0.2, 0.25) is 5.43 Å². The molecule has 0 unspecified atom stereocenters. The summed E-state index contributed by atoms with van der Waals surface area (Å²) in [5.41, 5.74) is 8.10. The highest BCUT2D eigenvalue weighted by Crippen LogP contribution is 2.29. The van der Waals surface area contributed by atoms with Gasteiger partial charge in [-0.05, 0) is 23.6 Å². The number of amides is 1. The third kappa shape index (κ3) is 3.14. The second kappa shape index (κ2) is 7.33. The molecule has 3 N–H and O–H groups in total. The van der Waals surface area contributed by atoms with Crippen molar-refractivity contribution < 1.29 is 9.90 Å². The predicted molar refractivity (Wildman–Crippen MR) is 99.1 cm³/mol. The van der Waals surface area contributed by atoms with E-state index in [1.807, 2.05) is 42.5 Å². The van der Waals surface area contributed by atoms with Gasteiger partial charge in [-0.1, -0.05) is 49.4 Å². The highest BCUT2D eigenvalue weighted by molar-refractivity contribution is 5.90. The van der Waals surface area contributed by atoms with Gasteiger partial charge in [0.15, 0.2) is 5.69 Å². The topological polar surface area (TPSA) is 98.2 Å². The fraction of sp³-hybridized carbons (Fsp3) is 0.150. The Kier molecular flexibility index (Phi) is 4.95. The molecular formula is C20H19N3O3. The number of rotatable bonds is 5. The zero-order chi connectivity index (χ0) is 18.7. The Labute approximate surface area is 150 Å². The number of para-hydroxylation sites is 1. The second-order valence-electron chi connectivity index (χ2n) is 5.83. The molecule has 0 spiro atoms. The molecule has 1 aromatic heterocycles. The van der Waals surface area contributed by atoms with Crippen molar-refractivity contribution in [2.75, 3.05) is 0 Å². The van der Waals surface area contributed by atoms with E-state index < -0.39 is 23.6 Å². The summed E-state index contributed by atoms with van der Waals surface area (Å²) < 4.78 is 1.43. The first-order chi connectivity index (χ1) is 12.6. The monoisotopic (exact) mass is 349 g/mol. The molecule has 1 amide bonds. The molecule has 0 fully saturated rings. The van der Waals surface area contributed by atoms with Crippen LogP contribution in [0, 0.1) is 0 Å². The summed E-state index contributed by atoms with van der Waals surface area (Å²) in [6.07, 6.45) is 2.29. The number of hydrogen-bond acceptors (Lipinski definition) is 4. The Bertz CT molecular complexity index is 1020. The van der Waals surface area contributed by atoms with Gasteiger partial charge in [-0.3, -0.25) is 9.59 Å². The first-order valence-electron chi connectivity index (χ1n) is 8.28. The van der Waals surface area contributed by atoms with Crippen LogP contribution in [0.5, 0.6) is 0 Å². The van der Waals surface area contributed by atoms with Gasteiger partial charge in [-0.15, -0.1) is 0 Å². The van der Waals surface area contributed by atoms with Crippen LogP contribution < -0.4 is 11.2 Å². The zero-order valence-electron chi connectivity index (χ0n) is 14.3. The van der Waals surface area contributed by atoms with Crippen molar-refractivity contribution in [3.8, 4) is 16.8 Å². The van der Waals surface area contributed by atoms with Crippen LogP contribution in [0.25, 0.3) is 16.8 Å². The quantitative estimate of drug-likeness (QED) is 0.736. The van der Waals surface area contributed by atoms with E-state index in [4.69, 9.17) is 5.73 Å². The highest BCUT2D eigenvalue weighted by Gasteiger charge is 2.16. The van der Waals surface area contributed by atoms with Gasteiger partial charge in [0.25, 0.3) is 5.91 Å². The van der Waals surface area contributed by atoms with E-state index in [0.29, 0.717) is 5.69 Å². The first kappa shape index (κ1) is 17.6. The number of aromatic nitrogens is 2. The molecule has 0 aliphatic heterocycles. The molecule has 0 atom stereocenters. The molecule has 0 radical (unpaired) electrons. The lowest BCUT2D eigenvalue weighted by atomic mass is 9.97. The summed E-state index contributed by atoms with van der Waals surface area (Å²) in [6.45, 7) is 1.57. The van der Waals surface area contributed by atoms with Crippen LogP contribution in [0.1, 0.15) is 28.5 Å². The number of aryl methyl sites for hydroxylation is 1. The molecule has 6 nitrogen and oxygen atoms in total. The number of aliphatic hydroxyl groups excluding tert-OH is 1. The molecule has 0 aliphatic rings. The molecule has 0 aliphatic carbocycles. The number of primary amides is 1. The average Bonchev–Trinajstić information content (AvgIpc) is 2.68. The second-order valence-corrected chi connectivity index (χ2v) is 5.83. The van der Waals surface area contributed by atoms with Crippen molar-refractivity contribution in [3.05, 3.63) is 81.8 Å². The predicted octanol–water partition coefficient (Wildman–Crippen LogP) is 2.05. The van der Waals surface area contributed by atoms with Crippen LogP contribution >= 0.6 is 0 Å². The molecule has 132 valence electrons. The number of hydrogen-bond donors (Lipinski definition) is 2. The molecule has 6 heteroatoms. The number of nitrogens with two attached hydrogens (primary N) is 1. The van der Waals surface area contributed by atoms with Crippen molar-refractivity contribution in [2.24, 2.45) is 5.73 Å². The number of nitrogens with zero attached hydrogens (tertiary/aromatic N) is 2. The normalized spacial score (nSPS) is 10.7. The lowest BCUT2D eigenvalue weighted by molar-refractivity contribution is 0.0992. The minimum atomic E-state index is -0.925. The average molecular weight is 349 g/mol. The van der Waals surface area contributed by atoms with E-state index in [2.05, 4.69) is 18.1 Å². The fourth-order valence-electron chi connectivity index (χ4n) is 2.93. The Morgan fingerprint density at radius 3 is 2.38 bits per heavy atom. The Morgan fingerprint density at radius 2 is 1.73 bits per heavy atom. The van der Waals surface area contributed by atoms with Crippen LogP contribution in [-0.2, 0) is 13.0 Å². The van der Waals surface area contributed by atoms with Crippen molar-refractivity contribution in [1.29, 1.82) is 0 Å². The minimum Gasteiger partial charge on any atom is -0.391 e. The number of benzene rings is 2. The molecule has 3 aromatic rings. The van der Waals surface area contributed by atoms with Gasteiger partial charge in [-0.2, -0.15) is 5.10 Å². The number of carbonyl (C=O) groups excluding carboxylic acids is 1. The maximum Gasteiger partial charge on any atom is 0.273 e. The summed E-state index contributed by atoms with van der Waals surface area (Å²) in [6, 6.07) is 15.6. The van der Waals surface area contributed by atoms with Gasteiger partial charge in [-0.25, -0.2) is 4.68 Å². The molecule has 0 saturated heterocycles. The molecule has 2 aromatic carbocycles. The summed E-state index contributed by atoms with van der Waals surface area (Å²) in [5.74, 6) is -0.925. The molecule has 3 rings (SSSR count). The maximum atomic E-state index is 12.1. The Balaban J connectivity index is 2.28. The fourth-order valence-corrected chi connectivity index (χ4v) is 2.93. The SMILES string of the molecule is CCc1ccccc1-c1ccccc1-n1cc(CO)c(=O)c(C(N)=O)n1. The molecule has 0 bridgehead atoms. The van der Waals surface area contributed by atoms with Crippen molar-refractivity contribution >= 4 is 5.91 Å². The standard InChI is InChI=1S/C20H19N3O3/c1-2-13-7-3-4-8-15(13)16-9-5-6-10-17(16)23-11-14(12-24)19(25)18(22-23)20(21)26/h3-11,24H,2,12H2,1H3,(H2,21,26). The third-order valence-electron chi connectivity index (χ3n) is 4.24. The van der Waals surface area contributed by atoms with Gasteiger partial charge in [0.05, 0.1) is 12.3 Å². The number of carbonyl (C=O) groups is 1. The van der Waals surface area contributed by atoms with Crippen molar-refractivity contribution in [3.63, 3.8) is 0 Å². The van der Waals surface area contributed by atoms with E-state index in [1.54, 1.807) is 0 Å². The summed E-state index contributed by atoms with van der Waals surface area (Å²) in [5, 5.41) is 13.6. The van der Waals surface area contributed by atoms with E-state index in [1.165, 1.54) is 16.4 Å². The lowest BCUT2D eigenvalue weighted by Crippen LogP contribution is -2.29. The minimum absolute atomic E-state index is 0.0624. The van der Waals surface area contributed by atoms with Crippen molar-refractivity contribution in [1.82, 2.24) is 9.78 Å². The highest BCUT2D eigenvalue weighted by atomic mass is 16.3. The molecule has 0 saturated carbocycles. The molecular weight excluding hydrogens is 330 g/mol. The van der Waals surface area contributed by atoms with E-state index in [-0.39, 0.29) is 5.56 Å². The molecule has 1 heterocycles. The third-order valence-corrected chi connectivity index (χ3v) is 4.24. The van der Waals surface area contributed by atoms with E-state index in [9.17, 15) is 14.7 Å². The maximum absolute atomic E-state index is 12.1. The lowest BCUT2D eigenvalue weighted by Gasteiger charge is -2.15. The first-order valence-corrected chi connectivity index (χ1v) is 8.28. The van der Waals surface area contributed by atoms with Crippen LogP contribution in [0.2, 0.25) is 0 Å². The smallest absolute Gasteiger partial charge is 0.273 e. The summed E-state index contributed by atoms with van der Waals surface area (Å²) in [4.78, 5) is 23.7. The van der Waals surface area contributed by atoms with Crippen molar-refractivity contribution in [2.45, 2.75) is 20.0 Å². The van der Waals surface area contributed by atoms with E-state index >= 15 is 0 Å².